The van der Waals surface area contributed by atoms with Crippen LogP contribution in [0.2, 0.25) is 0 Å². The standard InChI is InChI=1S/C28H42O/c1-19(2)25-11-9-23(27(17-25)21(5)6)13-15-29-16-14-24-10-12-26(20(3)4)18-28(24)22(7)8/h9-12,17-22H,13-16H2,1-8H3. The number of benzene rings is 2. The molecule has 0 saturated heterocycles. The van der Waals surface area contributed by atoms with Gasteiger partial charge in [-0.25, -0.2) is 0 Å². The number of ether oxygens (including phenoxy) is 1. The van der Waals surface area contributed by atoms with Crippen LogP contribution in [0.5, 0.6) is 0 Å². The molecule has 0 atom stereocenters. The molecule has 0 aromatic heterocycles. The molecule has 0 aliphatic heterocycles. The van der Waals surface area contributed by atoms with Gasteiger partial charge < -0.3 is 4.74 Å². The lowest BCUT2D eigenvalue weighted by molar-refractivity contribution is 0.140. The molecule has 0 saturated carbocycles. The number of hydrogen-bond acceptors (Lipinski definition) is 1. The minimum absolute atomic E-state index is 0.553. The van der Waals surface area contributed by atoms with Crippen molar-refractivity contribution in [2.75, 3.05) is 13.2 Å². The van der Waals surface area contributed by atoms with Crippen LogP contribution in [0.15, 0.2) is 36.4 Å². The summed E-state index contributed by atoms with van der Waals surface area (Å²) in [6.07, 6.45) is 1.99. The first-order valence-corrected chi connectivity index (χ1v) is 11.5. The Morgan fingerprint density at radius 2 is 0.931 bits per heavy atom. The van der Waals surface area contributed by atoms with Crippen molar-refractivity contribution < 1.29 is 4.74 Å². The van der Waals surface area contributed by atoms with Gasteiger partial charge in [0.15, 0.2) is 0 Å². The molecule has 0 amide bonds. The van der Waals surface area contributed by atoms with Crippen LogP contribution in [0.1, 0.15) is 112 Å². The summed E-state index contributed by atoms with van der Waals surface area (Å²) in [6.45, 7) is 19.8. The lowest BCUT2D eigenvalue weighted by atomic mass is 9.90. The van der Waals surface area contributed by atoms with E-state index in [4.69, 9.17) is 4.74 Å². The van der Waals surface area contributed by atoms with E-state index in [1.54, 1.807) is 0 Å². The van der Waals surface area contributed by atoms with Gasteiger partial charge in [0, 0.05) is 0 Å². The zero-order chi connectivity index (χ0) is 21.6. The maximum atomic E-state index is 6.07. The fourth-order valence-corrected chi connectivity index (χ4v) is 3.94. The molecule has 0 aliphatic rings. The van der Waals surface area contributed by atoms with E-state index in [1.807, 2.05) is 0 Å². The van der Waals surface area contributed by atoms with Gasteiger partial charge in [0.2, 0.25) is 0 Å². The van der Waals surface area contributed by atoms with Crippen molar-refractivity contribution in [2.45, 2.75) is 91.9 Å². The normalized spacial score (nSPS) is 12.0. The molecule has 0 heterocycles. The second-order valence-corrected chi connectivity index (χ2v) is 9.65. The SMILES string of the molecule is CC(C)c1ccc(CCOCCc2ccc(C(C)C)cc2C(C)C)c(C(C)C)c1. The molecule has 1 heteroatoms. The van der Waals surface area contributed by atoms with Crippen LogP contribution >= 0.6 is 0 Å². The van der Waals surface area contributed by atoms with Crippen molar-refractivity contribution in [1.82, 2.24) is 0 Å². The lowest BCUT2D eigenvalue weighted by Gasteiger charge is -2.17. The maximum Gasteiger partial charge on any atom is 0.0506 e. The lowest BCUT2D eigenvalue weighted by Crippen LogP contribution is -2.08. The summed E-state index contributed by atoms with van der Waals surface area (Å²) in [5.74, 6) is 2.26. The summed E-state index contributed by atoms with van der Waals surface area (Å²) < 4.78 is 6.07. The molecule has 2 rings (SSSR count). The predicted octanol–water partition coefficient (Wildman–Crippen LogP) is 7.98. The molecule has 160 valence electrons. The van der Waals surface area contributed by atoms with E-state index in [0.29, 0.717) is 23.7 Å². The number of rotatable bonds is 10. The third-order valence-electron chi connectivity index (χ3n) is 5.95. The highest BCUT2D eigenvalue weighted by Crippen LogP contribution is 2.26. The quantitative estimate of drug-likeness (QED) is 0.371. The van der Waals surface area contributed by atoms with Crippen LogP contribution < -0.4 is 0 Å². The van der Waals surface area contributed by atoms with E-state index < -0.39 is 0 Å². The average Bonchev–Trinajstić information content (AvgIpc) is 2.67. The van der Waals surface area contributed by atoms with Crippen LogP contribution in [-0.4, -0.2) is 13.2 Å². The zero-order valence-electron chi connectivity index (χ0n) is 20.0. The van der Waals surface area contributed by atoms with E-state index in [1.165, 1.54) is 33.4 Å². The molecule has 0 unspecified atom stereocenters. The molecule has 29 heavy (non-hydrogen) atoms. The van der Waals surface area contributed by atoms with Crippen molar-refractivity contribution in [3.63, 3.8) is 0 Å². The highest BCUT2D eigenvalue weighted by Gasteiger charge is 2.11. The Morgan fingerprint density at radius 3 is 1.24 bits per heavy atom. The van der Waals surface area contributed by atoms with Gasteiger partial charge in [0.05, 0.1) is 13.2 Å². The second kappa shape index (κ2) is 11.0. The summed E-state index contributed by atoms with van der Waals surface area (Å²) in [6, 6.07) is 14.0. The van der Waals surface area contributed by atoms with E-state index >= 15 is 0 Å². The first kappa shape index (κ1) is 23.7. The van der Waals surface area contributed by atoms with E-state index in [-0.39, 0.29) is 0 Å². The summed E-state index contributed by atoms with van der Waals surface area (Å²) in [7, 11) is 0. The molecule has 0 spiro atoms. The van der Waals surface area contributed by atoms with Crippen molar-refractivity contribution in [2.24, 2.45) is 0 Å². The van der Waals surface area contributed by atoms with Gasteiger partial charge in [-0.3, -0.25) is 0 Å². The van der Waals surface area contributed by atoms with Gasteiger partial charge in [-0.2, -0.15) is 0 Å². The maximum absolute atomic E-state index is 6.07. The number of hydrogen-bond donors (Lipinski definition) is 0. The predicted molar refractivity (Wildman–Crippen MR) is 127 cm³/mol. The van der Waals surface area contributed by atoms with Gasteiger partial charge in [-0.05, 0) is 69.9 Å². The van der Waals surface area contributed by atoms with Crippen molar-refractivity contribution in [3.05, 3.63) is 69.8 Å². The Balaban J connectivity index is 1.94. The van der Waals surface area contributed by atoms with Crippen LogP contribution in [0, 0.1) is 0 Å². The second-order valence-electron chi connectivity index (χ2n) is 9.65. The summed E-state index contributed by atoms with van der Waals surface area (Å²) in [5, 5.41) is 0. The van der Waals surface area contributed by atoms with Gasteiger partial charge >= 0.3 is 0 Å². The van der Waals surface area contributed by atoms with Crippen molar-refractivity contribution in [3.8, 4) is 0 Å². The van der Waals surface area contributed by atoms with E-state index in [9.17, 15) is 0 Å². The molecular formula is C28H42O. The smallest absolute Gasteiger partial charge is 0.0506 e. The Kier molecular flexibility index (Phi) is 8.96. The van der Waals surface area contributed by atoms with Gasteiger partial charge in [0.1, 0.15) is 0 Å². The molecule has 0 aliphatic carbocycles. The summed E-state index contributed by atoms with van der Waals surface area (Å²) in [4.78, 5) is 0. The van der Waals surface area contributed by atoms with Gasteiger partial charge in [-0.15, -0.1) is 0 Å². The molecule has 0 bridgehead atoms. The van der Waals surface area contributed by atoms with Gasteiger partial charge in [-0.1, -0.05) is 91.8 Å². The van der Waals surface area contributed by atoms with E-state index in [0.717, 1.165) is 26.1 Å². The molecule has 0 fully saturated rings. The molecular weight excluding hydrogens is 352 g/mol. The first-order chi connectivity index (χ1) is 13.7. The highest BCUT2D eigenvalue weighted by atomic mass is 16.5. The largest absolute Gasteiger partial charge is 0.381 e. The first-order valence-electron chi connectivity index (χ1n) is 11.5. The molecule has 2 aromatic carbocycles. The summed E-state index contributed by atoms with van der Waals surface area (Å²) >= 11 is 0. The van der Waals surface area contributed by atoms with Crippen LogP contribution in [0.4, 0.5) is 0 Å². The minimum atomic E-state index is 0.553. The Labute approximate surface area is 179 Å². The fraction of sp³-hybridized carbons (Fsp3) is 0.571. The topological polar surface area (TPSA) is 9.23 Å². The monoisotopic (exact) mass is 394 g/mol. The minimum Gasteiger partial charge on any atom is -0.381 e. The summed E-state index contributed by atoms with van der Waals surface area (Å²) in [5.41, 5.74) is 8.70. The molecule has 0 radical (unpaired) electrons. The molecule has 0 N–H and O–H groups in total. The van der Waals surface area contributed by atoms with Crippen LogP contribution in [0.3, 0.4) is 0 Å². The van der Waals surface area contributed by atoms with Crippen LogP contribution in [0.25, 0.3) is 0 Å². The highest BCUT2D eigenvalue weighted by molar-refractivity contribution is 5.36. The molecule has 2 aromatic rings. The third kappa shape index (κ3) is 6.71. The third-order valence-corrected chi connectivity index (χ3v) is 5.95. The van der Waals surface area contributed by atoms with Crippen LogP contribution in [-0.2, 0) is 17.6 Å². The Bertz CT molecular complexity index is 702. The Hall–Kier alpha value is -1.60. The fourth-order valence-electron chi connectivity index (χ4n) is 3.94. The average molecular weight is 395 g/mol. The van der Waals surface area contributed by atoms with Crippen molar-refractivity contribution >= 4 is 0 Å². The van der Waals surface area contributed by atoms with Gasteiger partial charge in [0.25, 0.3) is 0 Å². The van der Waals surface area contributed by atoms with Crippen molar-refractivity contribution in [1.29, 1.82) is 0 Å². The Morgan fingerprint density at radius 1 is 0.552 bits per heavy atom. The zero-order valence-corrected chi connectivity index (χ0v) is 20.0. The van der Waals surface area contributed by atoms with E-state index in [2.05, 4.69) is 91.8 Å². The molecule has 1 nitrogen and oxygen atoms in total.